The van der Waals surface area contributed by atoms with Crippen molar-refractivity contribution in [2.75, 3.05) is 38.6 Å². The molecule has 1 rings (SSSR count). The van der Waals surface area contributed by atoms with Gasteiger partial charge in [0.05, 0.1) is 13.2 Å². The van der Waals surface area contributed by atoms with Gasteiger partial charge in [-0.3, -0.25) is 9.59 Å². The van der Waals surface area contributed by atoms with Gasteiger partial charge in [0.1, 0.15) is 0 Å². The van der Waals surface area contributed by atoms with E-state index in [2.05, 4.69) is 24.5 Å². The van der Waals surface area contributed by atoms with Gasteiger partial charge in [-0.25, -0.2) is 0 Å². The fraction of sp³-hybridized carbons (Fsp3) is 0.913. The molecule has 0 amide bonds. The highest BCUT2D eigenvalue weighted by Gasteiger charge is 2.18. The maximum Gasteiger partial charge on any atom is 0.305 e. The lowest BCUT2D eigenvalue weighted by atomic mass is 9.94. The number of piperidine rings is 1. The molecule has 1 fully saturated rings. The Morgan fingerprint density at radius 3 is 2.07 bits per heavy atom. The topological polar surface area (TPSA) is 55.8 Å². The smallest absolute Gasteiger partial charge is 0.305 e. The van der Waals surface area contributed by atoms with Gasteiger partial charge in [-0.1, -0.05) is 45.4 Å². The van der Waals surface area contributed by atoms with Crippen molar-refractivity contribution in [1.82, 2.24) is 4.90 Å². The quantitative estimate of drug-likeness (QED) is 0.200. The SMILES string of the molecule is CCCCCCCCCOC(=O)CCCC(=O)OCCC1CCN(CCS)CC1. The lowest BCUT2D eigenvalue weighted by molar-refractivity contribution is -0.145. The van der Waals surface area contributed by atoms with Gasteiger partial charge in [-0.05, 0) is 51.1 Å². The monoisotopic (exact) mass is 429 g/mol. The van der Waals surface area contributed by atoms with Gasteiger partial charge in [0.2, 0.25) is 0 Å². The summed E-state index contributed by atoms with van der Waals surface area (Å²) in [6.07, 6.45) is 12.9. The van der Waals surface area contributed by atoms with Crippen LogP contribution in [0.5, 0.6) is 0 Å². The zero-order valence-electron chi connectivity index (χ0n) is 18.5. The summed E-state index contributed by atoms with van der Waals surface area (Å²) in [6, 6.07) is 0. The number of hydrogen-bond donors (Lipinski definition) is 1. The summed E-state index contributed by atoms with van der Waals surface area (Å²) >= 11 is 4.28. The first kappa shape index (κ1) is 26.3. The largest absolute Gasteiger partial charge is 0.466 e. The van der Waals surface area contributed by atoms with Crippen LogP contribution >= 0.6 is 12.6 Å². The Hall–Kier alpha value is -0.750. The second-order valence-corrected chi connectivity index (χ2v) is 8.66. The first-order chi connectivity index (χ1) is 14.2. The number of hydrogen-bond acceptors (Lipinski definition) is 6. The molecule has 0 N–H and O–H groups in total. The van der Waals surface area contributed by atoms with E-state index < -0.39 is 0 Å². The first-order valence-corrected chi connectivity index (χ1v) is 12.4. The van der Waals surface area contributed by atoms with Crippen molar-refractivity contribution in [3.63, 3.8) is 0 Å². The Kier molecular flexibility index (Phi) is 16.4. The van der Waals surface area contributed by atoms with E-state index in [1.165, 1.54) is 44.9 Å². The lowest BCUT2D eigenvalue weighted by Gasteiger charge is -2.31. The van der Waals surface area contributed by atoms with E-state index in [1.807, 2.05) is 0 Å². The summed E-state index contributed by atoms with van der Waals surface area (Å²) in [5.74, 6) is 1.17. The minimum Gasteiger partial charge on any atom is -0.466 e. The molecule has 0 bridgehead atoms. The fourth-order valence-electron chi connectivity index (χ4n) is 3.75. The van der Waals surface area contributed by atoms with Gasteiger partial charge in [0, 0.05) is 25.1 Å². The van der Waals surface area contributed by atoms with Crippen LogP contribution in [0.25, 0.3) is 0 Å². The minimum atomic E-state index is -0.197. The number of carbonyl (C=O) groups excluding carboxylic acids is 2. The van der Waals surface area contributed by atoms with Crippen LogP contribution in [0.15, 0.2) is 0 Å². The number of esters is 2. The average molecular weight is 430 g/mol. The number of nitrogens with zero attached hydrogens (tertiary/aromatic N) is 1. The Balaban J connectivity index is 1.90. The number of carbonyl (C=O) groups is 2. The first-order valence-electron chi connectivity index (χ1n) is 11.8. The van der Waals surface area contributed by atoms with Crippen LogP contribution in [0, 0.1) is 5.92 Å². The van der Waals surface area contributed by atoms with E-state index in [-0.39, 0.29) is 11.9 Å². The van der Waals surface area contributed by atoms with Crippen molar-refractivity contribution in [3.05, 3.63) is 0 Å². The molecular formula is C23H43NO4S. The van der Waals surface area contributed by atoms with Crippen LogP contribution in [0.1, 0.15) is 90.4 Å². The standard InChI is InChI=1S/C23H43NO4S/c1-2-3-4-5-6-7-8-18-27-22(25)10-9-11-23(26)28-19-14-21-12-15-24(16-13-21)17-20-29/h21,29H,2-20H2,1H3. The summed E-state index contributed by atoms with van der Waals surface area (Å²) in [4.78, 5) is 26.0. The summed E-state index contributed by atoms with van der Waals surface area (Å²) < 4.78 is 10.6. The zero-order valence-corrected chi connectivity index (χ0v) is 19.4. The molecule has 0 spiro atoms. The molecule has 0 aromatic carbocycles. The van der Waals surface area contributed by atoms with E-state index in [4.69, 9.17) is 9.47 Å². The maximum absolute atomic E-state index is 11.8. The van der Waals surface area contributed by atoms with Gasteiger partial charge in [-0.15, -0.1) is 0 Å². The molecule has 0 aromatic heterocycles. The molecule has 0 aromatic rings. The number of thiol groups is 1. The molecule has 0 saturated carbocycles. The van der Waals surface area contributed by atoms with Crippen LogP contribution < -0.4 is 0 Å². The number of likely N-dealkylation sites (tertiary alicyclic amines) is 1. The molecule has 6 heteroatoms. The summed E-state index contributed by atoms with van der Waals surface area (Å²) in [7, 11) is 0. The Morgan fingerprint density at radius 2 is 1.45 bits per heavy atom. The number of ether oxygens (including phenoxy) is 2. The molecule has 0 atom stereocenters. The molecule has 5 nitrogen and oxygen atoms in total. The second kappa shape index (κ2) is 18.1. The molecule has 1 saturated heterocycles. The zero-order chi connectivity index (χ0) is 21.2. The van der Waals surface area contributed by atoms with Crippen LogP contribution in [0.4, 0.5) is 0 Å². The minimum absolute atomic E-state index is 0.197. The molecular weight excluding hydrogens is 386 g/mol. The van der Waals surface area contributed by atoms with Gasteiger partial charge in [0.25, 0.3) is 0 Å². The van der Waals surface area contributed by atoms with Gasteiger partial charge in [0.15, 0.2) is 0 Å². The molecule has 0 radical (unpaired) electrons. The van der Waals surface area contributed by atoms with Crippen molar-refractivity contribution in [1.29, 1.82) is 0 Å². The van der Waals surface area contributed by atoms with Gasteiger partial charge >= 0.3 is 11.9 Å². The van der Waals surface area contributed by atoms with Crippen LogP contribution in [0.2, 0.25) is 0 Å². The highest BCUT2D eigenvalue weighted by atomic mass is 32.1. The van der Waals surface area contributed by atoms with Crippen molar-refractivity contribution in [3.8, 4) is 0 Å². The van der Waals surface area contributed by atoms with E-state index in [0.29, 0.717) is 38.4 Å². The highest BCUT2D eigenvalue weighted by molar-refractivity contribution is 7.80. The Morgan fingerprint density at radius 1 is 0.862 bits per heavy atom. The average Bonchev–Trinajstić information content (AvgIpc) is 2.71. The molecule has 29 heavy (non-hydrogen) atoms. The van der Waals surface area contributed by atoms with Crippen LogP contribution in [0.3, 0.4) is 0 Å². The Labute approximate surface area is 183 Å². The lowest BCUT2D eigenvalue weighted by Crippen LogP contribution is -2.35. The molecule has 1 aliphatic rings. The predicted octanol–water partition coefficient (Wildman–Crippen LogP) is 5.03. The third-order valence-electron chi connectivity index (χ3n) is 5.69. The number of rotatable bonds is 17. The molecule has 0 unspecified atom stereocenters. The van der Waals surface area contributed by atoms with E-state index >= 15 is 0 Å². The van der Waals surface area contributed by atoms with Crippen molar-refractivity contribution in [2.24, 2.45) is 5.92 Å². The van der Waals surface area contributed by atoms with Crippen LogP contribution in [-0.4, -0.2) is 55.4 Å². The van der Waals surface area contributed by atoms with Crippen molar-refractivity contribution < 1.29 is 19.1 Å². The third-order valence-corrected chi connectivity index (χ3v) is 5.89. The van der Waals surface area contributed by atoms with E-state index in [0.717, 1.165) is 44.6 Å². The third kappa shape index (κ3) is 14.8. The Bertz CT molecular complexity index is 425. The fourth-order valence-corrected chi connectivity index (χ4v) is 4.03. The molecule has 170 valence electrons. The predicted molar refractivity (Wildman–Crippen MR) is 121 cm³/mol. The normalized spacial score (nSPS) is 15.4. The summed E-state index contributed by atoms with van der Waals surface area (Å²) in [6.45, 7) is 6.53. The highest BCUT2D eigenvalue weighted by Crippen LogP contribution is 2.20. The summed E-state index contributed by atoms with van der Waals surface area (Å²) in [5.41, 5.74) is 0. The van der Waals surface area contributed by atoms with E-state index in [9.17, 15) is 9.59 Å². The van der Waals surface area contributed by atoms with Gasteiger partial charge < -0.3 is 14.4 Å². The van der Waals surface area contributed by atoms with Gasteiger partial charge in [-0.2, -0.15) is 12.6 Å². The van der Waals surface area contributed by atoms with E-state index in [1.54, 1.807) is 0 Å². The molecule has 0 aliphatic carbocycles. The molecule has 1 aliphatic heterocycles. The van der Waals surface area contributed by atoms with Crippen LogP contribution in [-0.2, 0) is 19.1 Å². The van der Waals surface area contributed by atoms with Crippen molar-refractivity contribution >= 4 is 24.6 Å². The number of unbranched alkanes of at least 4 members (excludes halogenated alkanes) is 6. The second-order valence-electron chi connectivity index (χ2n) is 8.21. The maximum atomic E-state index is 11.8. The van der Waals surface area contributed by atoms with Crippen molar-refractivity contribution in [2.45, 2.75) is 90.4 Å². The summed E-state index contributed by atoms with van der Waals surface area (Å²) in [5, 5.41) is 0. The molecule has 1 heterocycles.